The molecule has 1 aromatic carbocycles. The van der Waals surface area contributed by atoms with E-state index in [0.29, 0.717) is 21.3 Å². The predicted molar refractivity (Wildman–Crippen MR) is 99.2 cm³/mol. The zero-order chi connectivity index (χ0) is 18.0. The fraction of sp³-hybridized carbons (Fsp3) is 0. The number of nitrogens with two attached hydrogens (primary N) is 1. The van der Waals surface area contributed by atoms with Crippen molar-refractivity contribution in [2.75, 3.05) is 10.5 Å². The topological polar surface area (TPSA) is 98.0 Å². The summed E-state index contributed by atoms with van der Waals surface area (Å²) in [4.78, 5) is 8.08. The molecule has 0 aliphatic heterocycles. The zero-order valence-electron chi connectivity index (χ0n) is 12.6. The largest absolute Gasteiger partial charge is 0.384 e. The van der Waals surface area contributed by atoms with Crippen molar-refractivity contribution in [3.63, 3.8) is 0 Å². The van der Waals surface area contributed by atoms with Crippen LogP contribution in [0.1, 0.15) is 0 Å². The molecule has 0 aliphatic carbocycles. The summed E-state index contributed by atoms with van der Waals surface area (Å²) in [7, 11) is -3.94. The molecule has 0 spiro atoms. The zero-order valence-corrected chi connectivity index (χ0v) is 15.0. The van der Waals surface area contributed by atoms with Gasteiger partial charge in [-0.3, -0.25) is 4.72 Å². The Labute approximate surface area is 154 Å². The molecule has 128 valence electrons. The third-order valence-corrected chi connectivity index (χ3v) is 5.12. The highest BCUT2D eigenvalue weighted by atomic mass is 35.5. The number of benzene rings is 1. The van der Waals surface area contributed by atoms with Gasteiger partial charge in [-0.2, -0.15) is 8.42 Å². The van der Waals surface area contributed by atoms with Crippen LogP contribution < -0.4 is 10.5 Å². The van der Waals surface area contributed by atoms with Gasteiger partial charge in [0.2, 0.25) is 0 Å². The van der Waals surface area contributed by atoms with Crippen molar-refractivity contribution in [2.24, 2.45) is 0 Å². The lowest BCUT2D eigenvalue weighted by Crippen LogP contribution is -2.16. The van der Waals surface area contributed by atoms with Crippen molar-refractivity contribution >= 4 is 44.9 Å². The summed E-state index contributed by atoms with van der Waals surface area (Å²) in [6.45, 7) is 0. The third kappa shape index (κ3) is 3.84. The summed E-state index contributed by atoms with van der Waals surface area (Å²) >= 11 is 12.4. The number of pyridine rings is 2. The smallest absolute Gasteiger partial charge is 0.280 e. The third-order valence-electron chi connectivity index (χ3n) is 3.23. The van der Waals surface area contributed by atoms with Crippen LogP contribution in [0.3, 0.4) is 0 Å². The Morgan fingerprint density at radius 1 is 0.880 bits per heavy atom. The molecular weight excluding hydrogens is 383 g/mol. The minimum Gasteiger partial charge on any atom is -0.384 e. The van der Waals surface area contributed by atoms with Crippen LogP contribution in [0.15, 0.2) is 59.6 Å². The van der Waals surface area contributed by atoms with Gasteiger partial charge in [-0.1, -0.05) is 47.5 Å². The van der Waals surface area contributed by atoms with Gasteiger partial charge in [0.25, 0.3) is 10.0 Å². The molecule has 0 unspecified atom stereocenters. The average molecular weight is 395 g/mol. The summed E-state index contributed by atoms with van der Waals surface area (Å²) in [5.41, 5.74) is 6.50. The number of anilines is 2. The summed E-state index contributed by atoms with van der Waals surface area (Å²) < 4.78 is 27.2. The number of hydrogen-bond acceptors (Lipinski definition) is 5. The second-order valence-corrected chi connectivity index (χ2v) is 7.46. The van der Waals surface area contributed by atoms with E-state index in [4.69, 9.17) is 28.9 Å². The first-order chi connectivity index (χ1) is 11.9. The van der Waals surface area contributed by atoms with E-state index < -0.39 is 10.0 Å². The Morgan fingerprint density at radius 2 is 1.64 bits per heavy atom. The number of hydrogen-bond donors (Lipinski definition) is 2. The standard InChI is InChI=1S/C16H12Cl2N4O2S/c17-11-5-2-1-4-10(11)16-12(18)8-9-14(21-16)22-25(23,24)15-7-3-6-13(19)20-15/h1-9H,(H2,19,20)(H,21,22). The van der Waals surface area contributed by atoms with Crippen molar-refractivity contribution < 1.29 is 8.42 Å². The van der Waals surface area contributed by atoms with E-state index in [1.54, 1.807) is 24.3 Å². The maximum Gasteiger partial charge on any atom is 0.280 e. The molecule has 0 bridgehead atoms. The van der Waals surface area contributed by atoms with E-state index in [9.17, 15) is 8.42 Å². The summed E-state index contributed by atoms with van der Waals surface area (Å²) in [6.07, 6.45) is 0. The minimum atomic E-state index is -3.94. The lowest BCUT2D eigenvalue weighted by atomic mass is 10.1. The van der Waals surface area contributed by atoms with Crippen LogP contribution >= 0.6 is 23.2 Å². The number of sulfonamides is 1. The van der Waals surface area contributed by atoms with Crippen molar-refractivity contribution in [2.45, 2.75) is 5.03 Å². The molecule has 0 atom stereocenters. The molecule has 2 heterocycles. The number of nitrogens with zero attached hydrogens (tertiary/aromatic N) is 2. The van der Waals surface area contributed by atoms with Crippen LogP contribution in [0.4, 0.5) is 11.6 Å². The van der Waals surface area contributed by atoms with Gasteiger partial charge in [0.15, 0.2) is 5.03 Å². The number of nitrogens with one attached hydrogen (secondary N) is 1. The highest BCUT2D eigenvalue weighted by Crippen LogP contribution is 2.32. The van der Waals surface area contributed by atoms with Crippen LogP contribution in [0, 0.1) is 0 Å². The first-order valence-corrected chi connectivity index (χ1v) is 9.27. The number of nitrogen functional groups attached to an aromatic ring is 1. The van der Waals surface area contributed by atoms with Gasteiger partial charge in [-0.05, 0) is 30.3 Å². The van der Waals surface area contributed by atoms with Crippen LogP contribution in [0.25, 0.3) is 11.3 Å². The Kier molecular flexibility index (Phi) is 4.80. The molecular formula is C16H12Cl2N4O2S. The number of halogens is 2. The molecule has 9 heteroatoms. The quantitative estimate of drug-likeness (QED) is 0.700. The molecule has 0 fully saturated rings. The fourth-order valence-corrected chi connectivity index (χ4v) is 3.52. The van der Waals surface area contributed by atoms with Crippen molar-refractivity contribution in [1.29, 1.82) is 0 Å². The molecule has 6 nitrogen and oxygen atoms in total. The van der Waals surface area contributed by atoms with E-state index in [0.717, 1.165) is 0 Å². The van der Waals surface area contributed by atoms with Gasteiger partial charge in [-0.15, -0.1) is 0 Å². The lowest BCUT2D eigenvalue weighted by Gasteiger charge is -2.10. The highest BCUT2D eigenvalue weighted by molar-refractivity contribution is 7.92. The molecule has 0 radical (unpaired) electrons. The second kappa shape index (κ2) is 6.87. The van der Waals surface area contributed by atoms with Crippen molar-refractivity contribution in [3.05, 3.63) is 64.6 Å². The molecule has 3 rings (SSSR count). The van der Waals surface area contributed by atoms with E-state index in [2.05, 4.69) is 14.7 Å². The van der Waals surface area contributed by atoms with E-state index >= 15 is 0 Å². The minimum absolute atomic E-state index is 0.0866. The van der Waals surface area contributed by atoms with Gasteiger partial charge in [0.05, 0.1) is 15.7 Å². The van der Waals surface area contributed by atoms with Crippen LogP contribution in [0.2, 0.25) is 10.0 Å². The van der Waals surface area contributed by atoms with E-state index in [-0.39, 0.29) is 16.7 Å². The van der Waals surface area contributed by atoms with Crippen molar-refractivity contribution in [3.8, 4) is 11.3 Å². The van der Waals surface area contributed by atoms with Crippen LogP contribution in [-0.2, 0) is 10.0 Å². The molecule has 0 saturated carbocycles. The van der Waals surface area contributed by atoms with E-state index in [1.807, 2.05) is 0 Å². The Balaban J connectivity index is 2.00. The average Bonchev–Trinajstić information content (AvgIpc) is 2.57. The maximum atomic E-state index is 12.4. The molecule has 3 aromatic rings. The monoisotopic (exact) mass is 394 g/mol. The van der Waals surface area contributed by atoms with E-state index in [1.165, 1.54) is 30.3 Å². The molecule has 0 aliphatic rings. The summed E-state index contributed by atoms with van der Waals surface area (Å²) in [6, 6.07) is 14.3. The molecule has 2 aromatic heterocycles. The summed E-state index contributed by atoms with van der Waals surface area (Å²) in [5.74, 6) is 0.187. The summed E-state index contributed by atoms with van der Waals surface area (Å²) in [5, 5.41) is 0.594. The van der Waals surface area contributed by atoms with Crippen LogP contribution in [0.5, 0.6) is 0 Å². The molecule has 3 N–H and O–H groups in total. The Morgan fingerprint density at radius 3 is 2.36 bits per heavy atom. The SMILES string of the molecule is Nc1cccc(S(=O)(=O)Nc2ccc(Cl)c(-c3ccccc3Cl)n2)n1. The van der Waals surface area contributed by atoms with Gasteiger partial charge in [0.1, 0.15) is 11.6 Å². The Hall–Kier alpha value is -2.35. The number of aromatic nitrogens is 2. The number of rotatable bonds is 4. The second-order valence-electron chi connectivity index (χ2n) is 5.01. The first kappa shape index (κ1) is 17.5. The molecule has 0 amide bonds. The highest BCUT2D eigenvalue weighted by Gasteiger charge is 2.18. The van der Waals surface area contributed by atoms with Gasteiger partial charge in [0, 0.05) is 5.56 Å². The molecule has 25 heavy (non-hydrogen) atoms. The Bertz CT molecular complexity index is 1040. The fourth-order valence-electron chi connectivity index (χ4n) is 2.11. The first-order valence-electron chi connectivity index (χ1n) is 7.03. The van der Waals surface area contributed by atoms with Gasteiger partial charge in [-0.25, -0.2) is 9.97 Å². The normalized spacial score (nSPS) is 11.3. The predicted octanol–water partition coefficient (Wildman–Crippen LogP) is 3.83. The molecule has 0 saturated heterocycles. The van der Waals surface area contributed by atoms with Crippen molar-refractivity contribution in [1.82, 2.24) is 9.97 Å². The van der Waals surface area contributed by atoms with Crippen LogP contribution in [-0.4, -0.2) is 18.4 Å². The lowest BCUT2D eigenvalue weighted by molar-refractivity contribution is 0.597. The van der Waals surface area contributed by atoms with Gasteiger partial charge >= 0.3 is 0 Å². The maximum absolute atomic E-state index is 12.4. The van der Waals surface area contributed by atoms with Gasteiger partial charge < -0.3 is 5.73 Å².